The second-order valence-electron chi connectivity index (χ2n) is 5.00. The summed E-state index contributed by atoms with van der Waals surface area (Å²) in [6.07, 6.45) is 4.90. The summed E-state index contributed by atoms with van der Waals surface area (Å²) in [4.78, 5) is 14.3. The lowest BCUT2D eigenvalue weighted by Gasteiger charge is -2.37. The molecule has 7 heteroatoms. The molecule has 1 amide bonds. The molecule has 1 aliphatic rings. The van der Waals surface area contributed by atoms with E-state index in [1.807, 2.05) is 4.90 Å². The van der Waals surface area contributed by atoms with Crippen LogP contribution >= 0.6 is 11.3 Å². The molecule has 1 heterocycles. The first-order valence-corrected chi connectivity index (χ1v) is 8.07. The van der Waals surface area contributed by atoms with Gasteiger partial charge in [-0.3, -0.25) is 4.79 Å². The molecular weight excluding hydrogens is 276 g/mol. The number of carbonyl (C=O) groups excluding carboxylic acids is 1. The van der Waals surface area contributed by atoms with E-state index in [4.69, 9.17) is 5.11 Å². The Labute approximate surface area is 123 Å². The molecule has 6 nitrogen and oxygen atoms in total. The topological polar surface area (TPSA) is 78.4 Å². The average Bonchev–Trinajstić information content (AvgIpc) is 2.86. The SMILES string of the molecule is CCCNc1nnc(C(=O)N(CCCO)C2CCC2)s1. The Hall–Kier alpha value is -1.21. The van der Waals surface area contributed by atoms with Crippen molar-refractivity contribution in [1.29, 1.82) is 0 Å². The fourth-order valence-corrected chi connectivity index (χ4v) is 2.85. The van der Waals surface area contributed by atoms with Gasteiger partial charge in [-0.1, -0.05) is 18.3 Å². The Bertz CT molecular complexity index is 434. The summed E-state index contributed by atoms with van der Waals surface area (Å²) in [7, 11) is 0. The Morgan fingerprint density at radius 3 is 2.90 bits per heavy atom. The summed E-state index contributed by atoms with van der Waals surface area (Å²) >= 11 is 1.31. The molecule has 1 aromatic heterocycles. The van der Waals surface area contributed by atoms with Crippen LogP contribution in [0.1, 0.15) is 48.8 Å². The third kappa shape index (κ3) is 3.67. The smallest absolute Gasteiger partial charge is 0.285 e. The van der Waals surface area contributed by atoms with E-state index in [0.29, 0.717) is 29.1 Å². The predicted octanol–water partition coefficient (Wildman–Crippen LogP) is 1.74. The lowest BCUT2D eigenvalue weighted by atomic mass is 9.91. The number of aliphatic hydroxyl groups is 1. The zero-order valence-electron chi connectivity index (χ0n) is 11.8. The number of nitrogens with zero attached hydrogens (tertiary/aromatic N) is 3. The molecule has 112 valence electrons. The van der Waals surface area contributed by atoms with Crippen LogP contribution in [0, 0.1) is 0 Å². The normalized spacial score (nSPS) is 14.9. The van der Waals surface area contributed by atoms with Crippen molar-refractivity contribution < 1.29 is 9.90 Å². The first kappa shape index (κ1) is 15.2. The van der Waals surface area contributed by atoms with Crippen LogP contribution in [0.2, 0.25) is 0 Å². The van der Waals surface area contributed by atoms with Gasteiger partial charge in [-0.25, -0.2) is 0 Å². The van der Waals surface area contributed by atoms with Crippen LogP contribution in [-0.4, -0.2) is 51.8 Å². The van der Waals surface area contributed by atoms with Crippen molar-refractivity contribution >= 4 is 22.4 Å². The summed E-state index contributed by atoms with van der Waals surface area (Å²) in [6.45, 7) is 3.61. The quantitative estimate of drug-likeness (QED) is 0.764. The minimum Gasteiger partial charge on any atom is -0.396 e. The zero-order valence-corrected chi connectivity index (χ0v) is 12.7. The molecule has 0 spiro atoms. The largest absolute Gasteiger partial charge is 0.396 e. The highest BCUT2D eigenvalue weighted by molar-refractivity contribution is 7.17. The van der Waals surface area contributed by atoms with Gasteiger partial charge in [0.15, 0.2) is 0 Å². The second-order valence-corrected chi connectivity index (χ2v) is 5.98. The second kappa shape index (κ2) is 7.54. The number of anilines is 1. The summed E-state index contributed by atoms with van der Waals surface area (Å²) in [5, 5.41) is 21.2. The van der Waals surface area contributed by atoms with Crippen molar-refractivity contribution in [3.05, 3.63) is 5.01 Å². The summed E-state index contributed by atoms with van der Waals surface area (Å²) in [6, 6.07) is 0.310. The molecule has 0 radical (unpaired) electrons. The maximum absolute atomic E-state index is 12.5. The number of aromatic nitrogens is 2. The van der Waals surface area contributed by atoms with E-state index in [9.17, 15) is 4.79 Å². The Morgan fingerprint density at radius 2 is 2.30 bits per heavy atom. The Balaban J connectivity index is 2.00. The van der Waals surface area contributed by atoms with Crippen LogP contribution in [-0.2, 0) is 0 Å². The van der Waals surface area contributed by atoms with Crippen molar-refractivity contribution in [2.75, 3.05) is 25.0 Å². The highest BCUT2D eigenvalue weighted by atomic mass is 32.1. The maximum Gasteiger partial charge on any atom is 0.285 e. The van der Waals surface area contributed by atoms with Crippen LogP contribution in [0.3, 0.4) is 0 Å². The molecule has 0 aromatic carbocycles. The number of hydrogen-bond acceptors (Lipinski definition) is 6. The van der Waals surface area contributed by atoms with E-state index in [1.54, 1.807) is 0 Å². The third-order valence-corrected chi connectivity index (χ3v) is 4.34. The minimum atomic E-state index is -0.0507. The highest BCUT2D eigenvalue weighted by Gasteiger charge is 2.30. The molecular formula is C13H22N4O2S. The van der Waals surface area contributed by atoms with Crippen molar-refractivity contribution in [1.82, 2.24) is 15.1 Å². The van der Waals surface area contributed by atoms with Crippen molar-refractivity contribution in [2.24, 2.45) is 0 Å². The molecule has 0 aliphatic heterocycles. The zero-order chi connectivity index (χ0) is 14.4. The van der Waals surface area contributed by atoms with Gasteiger partial charge in [-0.05, 0) is 32.1 Å². The van der Waals surface area contributed by atoms with Gasteiger partial charge >= 0.3 is 0 Å². The van der Waals surface area contributed by atoms with Crippen LogP contribution in [0.4, 0.5) is 5.13 Å². The van der Waals surface area contributed by atoms with Crippen LogP contribution < -0.4 is 5.32 Å². The van der Waals surface area contributed by atoms with E-state index >= 15 is 0 Å². The van der Waals surface area contributed by atoms with Gasteiger partial charge in [-0.15, -0.1) is 10.2 Å². The molecule has 0 bridgehead atoms. The predicted molar refractivity (Wildman–Crippen MR) is 79.1 cm³/mol. The van der Waals surface area contributed by atoms with Crippen molar-refractivity contribution in [3.8, 4) is 0 Å². The monoisotopic (exact) mass is 298 g/mol. The lowest BCUT2D eigenvalue weighted by molar-refractivity contribution is 0.0561. The van der Waals surface area contributed by atoms with E-state index in [-0.39, 0.29) is 12.5 Å². The van der Waals surface area contributed by atoms with Crippen LogP contribution in [0.25, 0.3) is 0 Å². The van der Waals surface area contributed by atoms with Gasteiger partial charge in [0.05, 0.1) is 0 Å². The summed E-state index contributed by atoms with van der Waals surface area (Å²) < 4.78 is 0. The molecule has 0 unspecified atom stereocenters. The Morgan fingerprint density at radius 1 is 1.50 bits per heavy atom. The molecule has 2 rings (SSSR count). The van der Waals surface area contributed by atoms with E-state index in [2.05, 4.69) is 22.4 Å². The fourth-order valence-electron chi connectivity index (χ4n) is 2.13. The van der Waals surface area contributed by atoms with E-state index < -0.39 is 0 Å². The van der Waals surface area contributed by atoms with Gasteiger partial charge in [0.25, 0.3) is 5.91 Å². The standard InChI is InChI=1S/C13H22N4O2S/c1-2-7-14-13-16-15-11(20-13)12(19)17(8-4-9-18)10-5-3-6-10/h10,18H,2-9H2,1H3,(H,14,16). The summed E-state index contributed by atoms with van der Waals surface area (Å²) in [5.74, 6) is -0.0507. The van der Waals surface area contributed by atoms with Gasteiger partial charge in [-0.2, -0.15) is 0 Å². The number of rotatable bonds is 8. The van der Waals surface area contributed by atoms with Gasteiger partial charge < -0.3 is 15.3 Å². The maximum atomic E-state index is 12.5. The average molecular weight is 298 g/mol. The molecule has 0 saturated heterocycles. The first-order valence-electron chi connectivity index (χ1n) is 7.25. The molecule has 2 N–H and O–H groups in total. The number of hydrogen-bond donors (Lipinski definition) is 2. The lowest BCUT2D eigenvalue weighted by Crippen LogP contribution is -2.44. The number of nitrogens with one attached hydrogen (secondary N) is 1. The van der Waals surface area contributed by atoms with Crippen molar-refractivity contribution in [2.45, 2.75) is 45.1 Å². The fraction of sp³-hybridized carbons (Fsp3) is 0.769. The molecule has 1 aromatic rings. The molecule has 1 saturated carbocycles. The minimum absolute atomic E-state index is 0.0507. The number of amides is 1. The summed E-state index contributed by atoms with van der Waals surface area (Å²) in [5.41, 5.74) is 0. The molecule has 1 fully saturated rings. The van der Waals surface area contributed by atoms with Gasteiger partial charge in [0, 0.05) is 25.7 Å². The van der Waals surface area contributed by atoms with Gasteiger partial charge in [0.1, 0.15) is 0 Å². The van der Waals surface area contributed by atoms with E-state index in [0.717, 1.165) is 25.8 Å². The van der Waals surface area contributed by atoms with Crippen LogP contribution in [0.15, 0.2) is 0 Å². The molecule has 20 heavy (non-hydrogen) atoms. The van der Waals surface area contributed by atoms with Crippen LogP contribution in [0.5, 0.6) is 0 Å². The van der Waals surface area contributed by atoms with Gasteiger partial charge in [0.2, 0.25) is 10.1 Å². The highest BCUT2D eigenvalue weighted by Crippen LogP contribution is 2.27. The van der Waals surface area contributed by atoms with E-state index in [1.165, 1.54) is 17.8 Å². The molecule has 0 atom stereocenters. The molecule has 1 aliphatic carbocycles. The first-order chi connectivity index (χ1) is 9.76. The third-order valence-electron chi connectivity index (χ3n) is 3.47. The Kier molecular flexibility index (Phi) is 5.72. The number of aliphatic hydroxyl groups excluding tert-OH is 1. The number of carbonyl (C=O) groups is 1. The van der Waals surface area contributed by atoms with Crippen molar-refractivity contribution in [3.63, 3.8) is 0 Å².